The second kappa shape index (κ2) is 7.75. The van der Waals surface area contributed by atoms with Crippen LogP contribution in [0.5, 0.6) is 0 Å². The molecular formula is C27H27ClN8. The number of hydrogen-bond donors (Lipinski definition) is 2. The van der Waals surface area contributed by atoms with Gasteiger partial charge < -0.3 is 10.6 Å². The van der Waals surface area contributed by atoms with E-state index >= 15 is 0 Å². The Bertz CT molecular complexity index is 1640. The van der Waals surface area contributed by atoms with E-state index in [-0.39, 0.29) is 5.41 Å². The molecule has 1 aliphatic heterocycles. The Kier molecular flexibility index (Phi) is 4.69. The molecule has 2 aliphatic rings. The largest absolute Gasteiger partial charge is 0.355 e. The highest BCUT2D eigenvalue weighted by molar-refractivity contribution is 6.31. The Labute approximate surface area is 213 Å². The monoisotopic (exact) mass is 498 g/mol. The first-order valence-electron chi connectivity index (χ1n) is 12.4. The summed E-state index contributed by atoms with van der Waals surface area (Å²) in [5, 5.41) is 14.2. The second-order valence-corrected chi connectivity index (χ2v) is 10.6. The number of aromatic nitrogens is 6. The highest BCUT2D eigenvalue weighted by Gasteiger charge is 2.66. The molecule has 5 aromatic rings. The van der Waals surface area contributed by atoms with E-state index in [1.54, 1.807) is 0 Å². The van der Waals surface area contributed by atoms with Crippen LogP contribution >= 0.6 is 11.6 Å². The predicted octanol–water partition coefficient (Wildman–Crippen LogP) is 4.22. The van der Waals surface area contributed by atoms with E-state index < -0.39 is 0 Å². The third-order valence-corrected chi connectivity index (χ3v) is 8.79. The summed E-state index contributed by atoms with van der Waals surface area (Å²) in [6.07, 6.45) is 4.98. The summed E-state index contributed by atoms with van der Waals surface area (Å²) in [6.45, 7) is 4.52. The number of piperidine rings is 1. The molecule has 3 atom stereocenters. The second-order valence-electron chi connectivity index (χ2n) is 10.1. The summed E-state index contributed by atoms with van der Waals surface area (Å²) in [6, 6.07) is 12.3. The molecule has 2 fully saturated rings. The summed E-state index contributed by atoms with van der Waals surface area (Å²) in [5.74, 6) is 1.87. The van der Waals surface area contributed by atoms with Crippen LogP contribution in [0.25, 0.3) is 33.3 Å². The van der Waals surface area contributed by atoms with Gasteiger partial charge in [0.25, 0.3) is 0 Å². The van der Waals surface area contributed by atoms with Crippen molar-refractivity contribution >= 4 is 39.5 Å². The zero-order valence-electron chi connectivity index (χ0n) is 20.2. The van der Waals surface area contributed by atoms with E-state index in [4.69, 9.17) is 27.3 Å². The van der Waals surface area contributed by atoms with Crippen LogP contribution in [0.3, 0.4) is 0 Å². The van der Waals surface area contributed by atoms with Gasteiger partial charge in [0.2, 0.25) is 5.65 Å². The van der Waals surface area contributed by atoms with E-state index in [0.29, 0.717) is 24.0 Å². The topological polar surface area (TPSA) is 102 Å². The van der Waals surface area contributed by atoms with Crippen molar-refractivity contribution in [1.29, 1.82) is 0 Å². The number of nitrogens with zero attached hydrogens (tertiary/aromatic N) is 6. The third-order valence-electron chi connectivity index (χ3n) is 8.46. The van der Waals surface area contributed by atoms with Gasteiger partial charge in [0.15, 0.2) is 0 Å². The first-order chi connectivity index (χ1) is 17.5. The number of benzene rings is 2. The summed E-state index contributed by atoms with van der Waals surface area (Å²) in [4.78, 5) is 12.0. The smallest absolute Gasteiger partial charge is 0.202 e. The minimum absolute atomic E-state index is 0.0490. The number of H-pyrrole nitrogens is 1. The Morgan fingerprint density at radius 1 is 1.19 bits per heavy atom. The summed E-state index contributed by atoms with van der Waals surface area (Å²) in [7, 11) is 1.94. The van der Waals surface area contributed by atoms with Gasteiger partial charge in [0, 0.05) is 54.3 Å². The molecule has 36 heavy (non-hydrogen) atoms. The van der Waals surface area contributed by atoms with Crippen LogP contribution in [0.1, 0.15) is 17.5 Å². The average Bonchev–Trinajstić information content (AvgIpc) is 3.12. The molecule has 0 amide bonds. The fourth-order valence-electron chi connectivity index (χ4n) is 6.58. The molecule has 2 aromatic carbocycles. The molecule has 1 aliphatic carbocycles. The number of anilines is 1. The number of aromatic amines is 1. The predicted molar refractivity (Wildman–Crippen MR) is 142 cm³/mol. The molecule has 0 radical (unpaired) electrons. The Morgan fingerprint density at radius 3 is 2.89 bits per heavy atom. The van der Waals surface area contributed by atoms with Crippen molar-refractivity contribution in [2.75, 3.05) is 24.5 Å². The maximum absolute atomic E-state index is 6.60. The fourth-order valence-corrected chi connectivity index (χ4v) is 6.90. The van der Waals surface area contributed by atoms with Gasteiger partial charge in [-0.2, -0.15) is 10.2 Å². The molecule has 0 bridgehead atoms. The Hall–Kier alpha value is -3.49. The number of rotatable bonds is 4. The molecule has 1 saturated heterocycles. The minimum Gasteiger partial charge on any atom is -0.355 e. The fraction of sp³-hybridized carbons (Fsp3) is 0.333. The van der Waals surface area contributed by atoms with Crippen LogP contribution in [0.15, 0.2) is 48.8 Å². The normalized spacial score (nSPS) is 23.4. The van der Waals surface area contributed by atoms with Gasteiger partial charge in [0.05, 0.1) is 17.4 Å². The Morgan fingerprint density at radius 2 is 2.06 bits per heavy atom. The summed E-state index contributed by atoms with van der Waals surface area (Å²) in [5.41, 5.74) is 13.0. The Balaban J connectivity index is 1.20. The van der Waals surface area contributed by atoms with Crippen LogP contribution in [0.4, 0.5) is 5.82 Å². The van der Waals surface area contributed by atoms with Crippen molar-refractivity contribution in [3.63, 3.8) is 0 Å². The van der Waals surface area contributed by atoms with Crippen LogP contribution in [-0.2, 0) is 12.5 Å². The first-order valence-corrected chi connectivity index (χ1v) is 12.7. The van der Waals surface area contributed by atoms with Gasteiger partial charge in [-0.15, -0.1) is 0 Å². The van der Waals surface area contributed by atoms with Crippen LogP contribution in [0, 0.1) is 18.8 Å². The molecule has 4 heterocycles. The van der Waals surface area contributed by atoms with Gasteiger partial charge in [-0.25, -0.2) is 9.97 Å². The van der Waals surface area contributed by atoms with Gasteiger partial charge in [0.1, 0.15) is 11.3 Å². The number of fused-ring (bicyclic) bond motifs is 3. The van der Waals surface area contributed by atoms with E-state index in [1.807, 2.05) is 42.3 Å². The highest BCUT2D eigenvalue weighted by Crippen LogP contribution is 2.64. The number of aryl methyl sites for hydroxylation is 2. The molecule has 0 unspecified atom stereocenters. The van der Waals surface area contributed by atoms with Crippen LogP contribution in [-0.4, -0.2) is 49.6 Å². The van der Waals surface area contributed by atoms with Crippen molar-refractivity contribution in [2.45, 2.75) is 18.8 Å². The summed E-state index contributed by atoms with van der Waals surface area (Å²) < 4.78 is 1.84. The highest BCUT2D eigenvalue weighted by atomic mass is 35.5. The molecule has 8 nitrogen and oxygen atoms in total. The maximum atomic E-state index is 6.60. The van der Waals surface area contributed by atoms with Crippen molar-refractivity contribution in [3.8, 4) is 11.3 Å². The number of halogens is 1. The lowest BCUT2D eigenvalue weighted by atomic mass is 9.91. The number of hydrogen-bond acceptors (Lipinski definition) is 6. The molecule has 3 N–H and O–H groups in total. The number of nitrogens with two attached hydrogens (primary N) is 1. The van der Waals surface area contributed by atoms with Crippen molar-refractivity contribution < 1.29 is 0 Å². The van der Waals surface area contributed by atoms with E-state index in [2.05, 4.69) is 45.3 Å². The third kappa shape index (κ3) is 2.97. The minimum atomic E-state index is -0.0490. The molecule has 1 saturated carbocycles. The summed E-state index contributed by atoms with van der Waals surface area (Å²) >= 11 is 6.60. The van der Waals surface area contributed by atoms with E-state index in [9.17, 15) is 0 Å². The molecule has 182 valence electrons. The molecule has 9 heteroatoms. The first kappa shape index (κ1) is 21.8. The lowest BCUT2D eigenvalue weighted by molar-refractivity contribution is 0.545. The van der Waals surface area contributed by atoms with Gasteiger partial charge in [-0.3, -0.25) is 9.78 Å². The molecule has 3 aromatic heterocycles. The quantitative estimate of drug-likeness (QED) is 0.384. The lowest BCUT2D eigenvalue weighted by Gasteiger charge is -2.26. The molecule has 0 spiro atoms. The lowest BCUT2D eigenvalue weighted by Crippen LogP contribution is -2.32. The van der Waals surface area contributed by atoms with E-state index in [0.717, 1.165) is 63.6 Å². The van der Waals surface area contributed by atoms with Gasteiger partial charge in [-0.1, -0.05) is 35.9 Å². The van der Waals surface area contributed by atoms with Crippen molar-refractivity contribution in [1.82, 2.24) is 29.9 Å². The molecule has 7 rings (SSSR count). The number of nitrogens with one attached hydrogen (secondary N) is 1. The van der Waals surface area contributed by atoms with Crippen molar-refractivity contribution in [2.24, 2.45) is 24.6 Å². The average molecular weight is 499 g/mol. The zero-order valence-corrected chi connectivity index (χ0v) is 21.0. The van der Waals surface area contributed by atoms with Gasteiger partial charge in [-0.05, 0) is 48.4 Å². The standard InChI is InChI=1S/C27H27ClN8/c1-15-16(7-8-22-17(15)12-35(2)34-22)24-25-26(33-32-24)31-23(11-30-25)36-10-9-18-20(13-36)27(18,14-29)19-5-3-4-6-21(19)28/h3-8,11-12,18,20H,9-10,13-14,29H2,1-2H3,(H,31,32,33)/t18-,20+,27-/m1/s1. The van der Waals surface area contributed by atoms with E-state index in [1.165, 1.54) is 5.56 Å². The van der Waals surface area contributed by atoms with Crippen LogP contribution in [0.2, 0.25) is 5.02 Å². The maximum Gasteiger partial charge on any atom is 0.202 e. The SMILES string of the molecule is Cc1c(-c2[nH]nc3nc(N4CC[C@@H]5[C@H](C4)[C@@]5(CN)c4ccccc4Cl)cnc23)ccc2nn(C)cc12. The zero-order chi connectivity index (χ0) is 24.6. The molecular weight excluding hydrogens is 472 g/mol. The van der Waals surface area contributed by atoms with Gasteiger partial charge >= 0.3 is 0 Å². The van der Waals surface area contributed by atoms with Crippen LogP contribution < -0.4 is 10.6 Å². The van der Waals surface area contributed by atoms with Crippen molar-refractivity contribution in [3.05, 3.63) is 64.9 Å².